The highest BCUT2D eigenvalue weighted by Gasteiger charge is 2.18. The number of furan rings is 1. The van der Waals surface area contributed by atoms with E-state index in [4.69, 9.17) is 14.4 Å². The van der Waals surface area contributed by atoms with Gasteiger partial charge in [0.2, 0.25) is 0 Å². The maximum Gasteiger partial charge on any atom is 0.162 e. The number of fused-ring (bicyclic) bond motifs is 6. The molecule has 5 heteroatoms. The van der Waals surface area contributed by atoms with Crippen LogP contribution in [0.1, 0.15) is 0 Å². The van der Waals surface area contributed by atoms with Crippen molar-refractivity contribution in [2.24, 2.45) is 0 Å². The molecule has 0 saturated carbocycles. The number of nitrogens with zero attached hydrogens (tertiary/aromatic N) is 4. The second kappa shape index (κ2) is 11.9. The van der Waals surface area contributed by atoms with Crippen LogP contribution in [-0.2, 0) is 0 Å². The molecule has 5 aromatic heterocycles. The molecule has 5 aromatic carbocycles. The third-order valence-electron chi connectivity index (χ3n) is 9.57. The third-order valence-corrected chi connectivity index (χ3v) is 9.57. The van der Waals surface area contributed by atoms with Crippen molar-refractivity contribution in [3.8, 4) is 56.3 Å². The lowest BCUT2D eigenvalue weighted by Gasteiger charge is -2.11. The van der Waals surface area contributed by atoms with Crippen LogP contribution in [0.3, 0.4) is 0 Å². The zero-order valence-electron chi connectivity index (χ0n) is 27.4. The maximum absolute atomic E-state index is 6.53. The predicted molar refractivity (Wildman–Crippen MR) is 207 cm³/mol. The molecule has 10 rings (SSSR count). The number of hydrogen-bond donors (Lipinski definition) is 0. The van der Waals surface area contributed by atoms with Gasteiger partial charge in [0.25, 0.3) is 0 Å². The normalized spacial score (nSPS) is 11.5. The number of aromatic nitrogens is 4. The number of pyridine rings is 4. The summed E-state index contributed by atoms with van der Waals surface area (Å²) in [5, 5.41) is 5.66. The Morgan fingerprint density at radius 3 is 1.57 bits per heavy atom. The largest absolute Gasteiger partial charge is 0.454 e. The third kappa shape index (κ3) is 5.11. The summed E-state index contributed by atoms with van der Waals surface area (Å²) in [6, 6.07) is 54.3. The van der Waals surface area contributed by atoms with Gasteiger partial charge >= 0.3 is 0 Å². The molecule has 10 aromatic rings. The minimum atomic E-state index is 0.808. The maximum atomic E-state index is 6.53. The van der Waals surface area contributed by atoms with E-state index >= 15 is 0 Å². The monoisotopic (exact) mass is 652 g/mol. The summed E-state index contributed by atoms with van der Waals surface area (Å²) in [4.78, 5) is 19.3. The fraction of sp³-hybridized carbons (Fsp3) is 0. The molecule has 5 heterocycles. The van der Waals surface area contributed by atoms with Crippen LogP contribution in [0.25, 0.3) is 99.9 Å². The van der Waals surface area contributed by atoms with Gasteiger partial charge in [-0.15, -0.1) is 0 Å². The molecule has 0 amide bonds. The van der Waals surface area contributed by atoms with Crippen molar-refractivity contribution in [3.05, 3.63) is 170 Å². The number of para-hydroxylation sites is 1. The van der Waals surface area contributed by atoms with Crippen LogP contribution in [0.5, 0.6) is 0 Å². The van der Waals surface area contributed by atoms with Gasteiger partial charge in [0.1, 0.15) is 11.3 Å². The van der Waals surface area contributed by atoms with Crippen LogP contribution in [0.15, 0.2) is 175 Å². The molecule has 0 atom stereocenters. The van der Waals surface area contributed by atoms with Gasteiger partial charge in [0.15, 0.2) is 5.58 Å². The second-order valence-corrected chi connectivity index (χ2v) is 12.7. The Balaban J connectivity index is 1.03. The average Bonchev–Trinajstić information content (AvgIpc) is 3.61. The Bertz CT molecular complexity index is 2820. The lowest BCUT2D eigenvalue weighted by Crippen LogP contribution is -1.94. The van der Waals surface area contributed by atoms with Gasteiger partial charge in [0, 0.05) is 34.1 Å². The van der Waals surface area contributed by atoms with E-state index in [1.807, 2.05) is 48.5 Å². The summed E-state index contributed by atoms with van der Waals surface area (Å²) in [6.45, 7) is 0. The Morgan fingerprint density at radius 2 is 0.941 bits per heavy atom. The highest BCUT2D eigenvalue weighted by Crippen LogP contribution is 2.41. The van der Waals surface area contributed by atoms with E-state index in [9.17, 15) is 0 Å². The summed E-state index contributed by atoms with van der Waals surface area (Å²) in [7, 11) is 0. The molecular formula is C46H28N4O. The first-order valence-electron chi connectivity index (χ1n) is 17.0. The lowest BCUT2D eigenvalue weighted by molar-refractivity contribution is 0.669. The summed E-state index contributed by atoms with van der Waals surface area (Å²) in [5.41, 5.74) is 12.1. The highest BCUT2D eigenvalue weighted by molar-refractivity contribution is 6.22. The van der Waals surface area contributed by atoms with Gasteiger partial charge < -0.3 is 4.42 Å². The fourth-order valence-electron chi connectivity index (χ4n) is 7.03. The van der Waals surface area contributed by atoms with Crippen molar-refractivity contribution < 1.29 is 4.42 Å². The molecule has 5 nitrogen and oxygen atoms in total. The molecule has 0 bridgehead atoms. The zero-order valence-corrected chi connectivity index (χ0v) is 27.4. The van der Waals surface area contributed by atoms with E-state index < -0.39 is 0 Å². The Morgan fingerprint density at radius 1 is 0.392 bits per heavy atom. The van der Waals surface area contributed by atoms with Crippen LogP contribution >= 0.6 is 0 Å². The molecule has 0 aliphatic heterocycles. The molecule has 0 fully saturated rings. The van der Waals surface area contributed by atoms with Gasteiger partial charge in [-0.3, -0.25) is 9.97 Å². The topological polar surface area (TPSA) is 64.7 Å². The fourth-order valence-corrected chi connectivity index (χ4v) is 7.03. The molecule has 51 heavy (non-hydrogen) atoms. The van der Waals surface area contributed by atoms with Crippen molar-refractivity contribution in [1.29, 1.82) is 0 Å². The molecule has 238 valence electrons. The lowest BCUT2D eigenvalue weighted by atomic mass is 9.97. The molecule has 0 spiro atoms. The van der Waals surface area contributed by atoms with E-state index in [0.29, 0.717) is 0 Å². The molecule has 0 radical (unpaired) electrons. The number of hydrogen-bond acceptors (Lipinski definition) is 5. The first-order valence-corrected chi connectivity index (χ1v) is 17.0. The average molecular weight is 653 g/mol. The summed E-state index contributed by atoms with van der Waals surface area (Å²) in [6.07, 6.45) is 3.59. The van der Waals surface area contributed by atoms with Gasteiger partial charge in [-0.2, -0.15) is 0 Å². The van der Waals surface area contributed by atoms with Crippen LogP contribution in [0, 0.1) is 0 Å². The minimum Gasteiger partial charge on any atom is -0.454 e. The van der Waals surface area contributed by atoms with E-state index in [-0.39, 0.29) is 0 Å². The summed E-state index contributed by atoms with van der Waals surface area (Å²) >= 11 is 0. The first-order chi connectivity index (χ1) is 25.2. The summed E-state index contributed by atoms with van der Waals surface area (Å²) < 4.78 is 6.53. The SMILES string of the molecule is c1ccc(-c2cc(-c3ccc(-c4ccc(-c5nc6cc7ccccc7cc6c6c5oc5ccccc56)cc4)cc3)cc(-c3ccccn3)n2)nc1. The molecular weight excluding hydrogens is 625 g/mol. The Labute approximate surface area is 293 Å². The van der Waals surface area contributed by atoms with Gasteiger partial charge in [-0.25, -0.2) is 9.97 Å². The van der Waals surface area contributed by atoms with E-state index in [1.54, 1.807) is 12.4 Å². The van der Waals surface area contributed by atoms with Crippen molar-refractivity contribution in [3.63, 3.8) is 0 Å². The van der Waals surface area contributed by atoms with E-state index in [1.165, 1.54) is 10.8 Å². The standard InChI is InChI=1S/C46H28N4O/c1-2-10-34-26-40-37(25-33(34)9-1)44-36-11-3-4-14-43(36)51-46(44)45(50-40)32-21-19-30(20-22-32)29-15-17-31(18-16-29)35-27-41(38-12-5-7-23-47-38)49-42(28-35)39-13-6-8-24-48-39/h1-28H. The molecule has 0 N–H and O–H groups in total. The Hall–Kier alpha value is -6.98. The van der Waals surface area contributed by atoms with E-state index in [2.05, 4.69) is 119 Å². The van der Waals surface area contributed by atoms with Crippen molar-refractivity contribution in [2.75, 3.05) is 0 Å². The smallest absolute Gasteiger partial charge is 0.162 e. The van der Waals surface area contributed by atoms with Crippen molar-refractivity contribution in [1.82, 2.24) is 19.9 Å². The van der Waals surface area contributed by atoms with Crippen LogP contribution in [0.2, 0.25) is 0 Å². The molecule has 0 aliphatic carbocycles. The Kier molecular flexibility index (Phi) is 6.74. The second-order valence-electron chi connectivity index (χ2n) is 12.7. The summed E-state index contributed by atoms with van der Waals surface area (Å²) in [5.74, 6) is 0. The molecule has 0 unspecified atom stereocenters. The quantitative estimate of drug-likeness (QED) is 0.173. The minimum absolute atomic E-state index is 0.808. The number of rotatable bonds is 5. The molecule has 0 aliphatic rings. The highest BCUT2D eigenvalue weighted by atomic mass is 16.3. The predicted octanol–water partition coefficient (Wildman–Crippen LogP) is 11.8. The van der Waals surface area contributed by atoms with Crippen LogP contribution in [-0.4, -0.2) is 19.9 Å². The molecule has 0 saturated heterocycles. The zero-order chi connectivity index (χ0) is 33.7. The number of benzene rings is 5. The van der Waals surface area contributed by atoms with Gasteiger partial charge in [-0.1, -0.05) is 103 Å². The first kappa shape index (κ1) is 29.0. The van der Waals surface area contributed by atoms with Crippen molar-refractivity contribution in [2.45, 2.75) is 0 Å². The van der Waals surface area contributed by atoms with Crippen molar-refractivity contribution >= 4 is 43.6 Å². The van der Waals surface area contributed by atoms with Crippen LogP contribution < -0.4 is 0 Å². The van der Waals surface area contributed by atoms with Gasteiger partial charge in [0.05, 0.1) is 28.3 Å². The van der Waals surface area contributed by atoms with E-state index in [0.717, 1.165) is 89.1 Å². The van der Waals surface area contributed by atoms with Gasteiger partial charge in [-0.05, 0) is 87.6 Å². The van der Waals surface area contributed by atoms with Crippen LogP contribution in [0.4, 0.5) is 0 Å².